The Balaban J connectivity index is 2.02. The normalized spacial score (nSPS) is 12.7. The van der Waals surface area contributed by atoms with Crippen molar-refractivity contribution in [2.24, 2.45) is 0 Å². The van der Waals surface area contributed by atoms with E-state index in [-0.39, 0.29) is 17.4 Å². The van der Waals surface area contributed by atoms with E-state index in [9.17, 15) is 9.18 Å². The predicted molar refractivity (Wildman–Crippen MR) is 94.8 cm³/mol. The van der Waals surface area contributed by atoms with Crippen LogP contribution in [0.15, 0.2) is 45.7 Å². The molecule has 3 aromatic rings. The van der Waals surface area contributed by atoms with Crippen molar-refractivity contribution in [2.45, 2.75) is 37.2 Å². The van der Waals surface area contributed by atoms with Crippen LogP contribution in [-0.2, 0) is 5.75 Å². The summed E-state index contributed by atoms with van der Waals surface area (Å²) in [5.41, 5.74) is 1.33. The first-order valence-electron chi connectivity index (χ1n) is 7.47. The van der Waals surface area contributed by atoms with Gasteiger partial charge in [-0.25, -0.2) is 9.37 Å². The van der Waals surface area contributed by atoms with Gasteiger partial charge in [0.1, 0.15) is 10.5 Å². The molecule has 0 saturated heterocycles. The number of hydrogen-bond acceptors (Lipinski definition) is 4. The summed E-state index contributed by atoms with van der Waals surface area (Å²) in [6, 6.07) is 8.62. The summed E-state index contributed by atoms with van der Waals surface area (Å²) in [5.74, 6) is 0.222. The fourth-order valence-corrected chi connectivity index (χ4v) is 4.18. The van der Waals surface area contributed by atoms with Gasteiger partial charge in [-0.3, -0.25) is 9.36 Å². The van der Waals surface area contributed by atoms with Crippen LogP contribution in [0.1, 0.15) is 31.9 Å². The van der Waals surface area contributed by atoms with E-state index in [1.807, 2.05) is 31.4 Å². The zero-order valence-corrected chi connectivity index (χ0v) is 14.6. The van der Waals surface area contributed by atoms with Crippen LogP contribution in [0.25, 0.3) is 10.2 Å². The van der Waals surface area contributed by atoms with E-state index in [1.165, 1.54) is 29.2 Å². The third-order valence-electron chi connectivity index (χ3n) is 3.83. The minimum atomic E-state index is -0.228. The second-order valence-electron chi connectivity index (χ2n) is 5.34. The lowest BCUT2D eigenvalue weighted by Crippen LogP contribution is -2.25. The van der Waals surface area contributed by atoms with Gasteiger partial charge < -0.3 is 0 Å². The zero-order valence-electron chi connectivity index (χ0n) is 13.0. The molecule has 0 aliphatic rings. The third kappa shape index (κ3) is 3.19. The third-order valence-corrected chi connectivity index (χ3v) is 5.72. The van der Waals surface area contributed by atoms with Crippen LogP contribution in [-0.4, -0.2) is 9.55 Å². The van der Waals surface area contributed by atoms with Crippen LogP contribution < -0.4 is 5.56 Å². The van der Waals surface area contributed by atoms with E-state index in [0.29, 0.717) is 21.2 Å². The molecule has 0 radical (unpaired) electrons. The Kier molecular flexibility index (Phi) is 4.82. The highest BCUT2D eigenvalue weighted by atomic mass is 32.2. The highest BCUT2D eigenvalue weighted by molar-refractivity contribution is 7.98. The van der Waals surface area contributed by atoms with Crippen molar-refractivity contribution in [1.29, 1.82) is 0 Å². The molecule has 6 heteroatoms. The maximum atomic E-state index is 13.8. The van der Waals surface area contributed by atoms with Gasteiger partial charge in [-0.1, -0.05) is 36.9 Å². The zero-order chi connectivity index (χ0) is 16.4. The summed E-state index contributed by atoms with van der Waals surface area (Å²) in [6.45, 7) is 4.05. The van der Waals surface area contributed by atoms with Crippen LogP contribution in [0.4, 0.5) is 4.39 Å². The number of benzene rings is 1. The van der Waals surface area contributed by atoms with Gasteiger partial charge in [0.25, 0.3) is 5.56 Å². The van der Waals surface area contributed by atoms with E-state index < -0.39 is 0 Å². The average molecular weight is 348 g/mol. The first-order valence-corrected chi connectivity index (χ1v) is 9.34. The molecule has 0 amide bonds. The minimum Gasteiger partial charge on any atom is -0.284 e. The van der Waals surface area contributed by atoms with Crippen molar-refractivity contribution >= 4 is 33.3 Å². The number of rotatable bonds is 5. The van der Waals surface area contributed by atoms with Crippen molar-refractivity contribution in [2.75, 3.05) is 0 Å². The first-order chi connectivity index (χ1) is 11.1. The van der Waals surface area contributed by atoms with Crippen molar-refractivity contribution in [3.05, 3.63) is 57.4 Å². The Morgan fingerprint density at radius 2 is 2.13 bits per heavy atom. The summed E-state index contributed by atoms with van der Waals surface area (Å²) in [4.78, 5) is 17.4. The van der Waals surface area contributed by atoms with Crippen molar-refractivity contribution in [3.63, 3.8) is 0 Å². The van der Waals surface area contributed by atoms with Crippen molar-refractivity contribution < 1.29 is 4.39 Å². The Morgan fingerprint density at radius 3 is 2.87 bits per heavy atom. The number of hydrogen-bond donors (Lipinski definition) is 0. The number of nitrogens with zero attached hydrogens (tertiary/aromatic N) is 2. The number of halogens is 1. The van der Waals surface area contributed by atoms with Crippen LogP contribution in [0.2, 0.25) is 0 Å². The van der Waals surface area contributed by atoms with Crippen LogP contribution >= 0.6 is 23.1 Å². The topological polar surface area (TPSA) is 34.9 Å². The van der Waals surface area contributed by atoms with E-state index in [0.717, 1.165) is 11.9 Å². The maximum absolute atomic E-state index is 13.8. The summed E-state index contributed by atoms with van der Waals surface area (Å²) < 4.78 is 16.2. The molecule has 0 spiro atoms. The molecule has 0 unspecified atom stereocenters. The Hall–Kier alpha value is -1.66. The van der Waals surface area contributed by atoms with Gasteiger partial charge in [-0.05, 0) is 36.4 Å². The number of aromatic nitrogens is 2. The molecule has 0 bridgehead atoms. The van der Waals surface area contributed by atoms with Crippen LogP contribution in [0.5, 0.6) is 0 Å². The monoisotopic (exact) mass is 348 g/mol. The smallest absolute Gasteiger partial charge is 0.272 e. The molecule has 0 aliphatic carbocycles. The Labute approximate surface area is 142 Å². The van der Waals surface area contributed by atoms with Crippen molar-refractivity contribution in [1.82, 2.24) is 9.55 Å². The molecule has 1 aromatic carbocycles. The molecular formula is C17H17FN2OS2. The Bertz CT molecular complexity index is 888. The van der Waals surface area contributed by atoms with E-state index in [4.69, 9.17) is 0 Å². The largest absolute Gasteiger partial charge is 0.284 e. The fraction of sp³-hybridized carbons (Fsp3) is 0.294. The highest BCUT2D eigenvalue weighted by Gasteiger charge is 2.16. The second-order valence-corrected chi connectivity index (χ2v) is 7.20. The Morgan fingerprint density at radius 1 is 1.35 bits per heavy atom. The van der Waals surface area contributed by atoms with Gasteiger partial charge in [0.2, 0.25) is 0 Å². The molecule has 23 heavy (non-hydrogen) atoms. The molecule has 0 N–H and O–H groups in total. The molecule has 3 nitrogen and oxygen atoms in total. The van der Waals surface area contributed by atoms with E-state index >= 15 is 0 Å². The summed E-state index contributed by atoms with van der Waals surface area (Å²) in [7, 11) is 0. The molecule has 0 aliphatic heterocycles. The SMILES string of the molecule is CC[C@@H](C)n1c(SCc2ccccc2F)nc2ccsc2c1=O. The highest BCUT2D eigenvalue weighted by Crippen LogP contribution is 2.27. The van der Waals surface area contributed by atoms with Gasteiger partial charge in [0, 0.05) is 11.8 Å². The van der Waals surface area contributed by atoms with Gasteiger partial charge >= 0.3 is 0 Å². The van der Waals surface area contributed by atoms with E-state index in [2.05, 4.69) is 4.98 Å². The first kappa shape index (κ1) is 16.2. The summed E-state index contributed by atoms with van der Waals surface area (Å²) in [5, 5.41) is 2.53. The van der Waals surface area contributed by atoms with Crippen LogP contribution in [0, 0.1) is 5.82 Å². The standard InChI is InChI=1S/C17H17FN2OS2/c1-3-11(2)20-16(21)15-14(8-9-22-15)19-17(20)23-10-12-6-4-5-7-13(12)18/h4-9,11H,3,10H2,1-2H3/t11-/m1/s1. The maximum Gasteiger partial charge on any atom is 0.272 e. The second kappa shape index (κ2) is 6.84. The quantitative estimate of drug-likeness (QED) is 0.488. The minimum absolute atomic E-state index is 0.00427. The van der Waals surface area contributed by atoms with Crippen LogP contribution in [0.3, 0.4) is 0 Å². The number of thiophene rings is 1. The average Bonchev–Trinajstić information content (AvgIpc) is 3.02. The van der Waals surface area contributed by atoms with Gasteiger partial charge in [0.15, 0.2) is 5.16 Å². The van der Waals surface area contributed by atoms with Crippen molar-refractivity contribution in [3.8, 4) is 0 Å². The molecule has 1 atom stereocenters. The molecule has 0 saturated carbocycles. The number of fused-ring (bicyclic) bond motifs is 1. The predicted octanol–water partition coefficient (Wildman–Crippen LogP) is 4.86. The lowest BCUT2D eigenvalue weighted by molar-refractivity contribution is 0.468. The molecule has 0 fully saturated rings. The molecule has 2 heterocycles. The fourth-order valence-electron chi connectivity index (χ4n) is 2.33. The molecule has 120 valence electrons. The van der Waals surface area contributed by atoms with Gasteiger partial charge in [-0.2, -0.15) is 0 Å². The number of thioether (sulfide) groups is 1. The molecule has 3 rings (SSSR count). The summed E-state index contributed by atoms with van der Waals surface area (Å²) in [6.07, 6.45) is 0.839. The van der Waals surface area contributed by atoms with E-state index in [1.54, 1.807) is 16.7 Å². The molecule has 2 aromatic heterocycles. The lowest BCUT2D eigenvalue weighted by Gasteiger charge is -2.17. The summed E-state index contributed by atoms with van der Waals surface area (Å²) >= 11 is 2.82. The molecular weight excluding hydrogens is 331 g/mol. The lowest BCUT2D eigenvalue weighted by atomic mass is 10.2. The van der Waals surface area contributed by atoms with Gasteiger partial charge in [0.05, 0.1) is 5.52 Å². The van der Waals surface area contributed by atoms with Gasteiger partial charge in [-0.15, -0.1) is 11.3 Å².